The van der Waals surface area contributed by atoms with Crippen LogP contribution in [-0.4, -0.2) is 77.5 Å². The Balaban J connectivity index is 1.42. The highest BCUT2D eigenvalue weighted by molar-refractivity contribution is 6.32. The van der Waals surface area contributed by atoms with E-state index in [0.717, 1.165) is 50.1 Å². The van der Waals surface area contributed by atoms with Crippen molar-refractivity contribution in [3.63, 3.8) is 0 Å². The molecule has 0 unspecified atom stereocenters. The molecule has 3 saturated heterocycles. The minimum absolute atomic E-state index is 0.0903. The Morgan fingerprint density at radius 3 is 2.86 bits per heavy atom. The van der Waals surface area contributed by atoms with Crippen LogP contribution in [0.2, 0.25) is 5.02 Å². The summed E-state index contributed by atoms with van der Waals surface area (Å²) in [4.78, 5) is 17.6. The third-order valence-corrected chi connectivity index (χ3v) is 9.23. The van der Waals surface area contributed by atoms with Crippen molar-refractivity contribution in [1.29, 1.82) is 0 Å². The molecule has 0 radical (unpaired) electrons. The van der Waals surface area contributed by atoms with E-state index in [0.29, 0.717) is 18.8 Å². The maximum atomic E-state index is 16.5. The number of nitrogens with zero attached hydrogens (tertiary/aromatic N) is 5. The first-order valence-corrected chi connectivity index (χ1v) is 14.4. The SMILES string of the molecule is C=C1CN2CCC[C@@]2(COc2nc3c4c(nc(-c5cc(N)cc(Cl)c5C(F)(F)F)c(F)c4n2)O[C@H]2COCC[C@@H]2N3C)C1. The fourth-order valence-electron chi connectivity index (χ4n) is 6.99. The standard InChI is InChI=1S/C29H29ClF4N6O3/c1-14-10-28(5-3-6-40(28)11-14)13-42-27-37-24-20-25(38-27)39(2)18-4-7-41-12-19(18)43-26(20)36-23(22(24)31)16-8-15(35)9-17(30)21(16)29(32,33)34/h8-9,18-19H,1,3-7,10-13,35H2,2H3/t18-,19-,28-/m0/s1. The zero-order valence-electron chi connectivity index (χ0n) is 23.3. The van der Waals surface area contributed by atoms with Gasteiger partial charge in [0.05, 0.1) is 28.8 Å². The summed E-state index contributed by atoms with van der Waals surface area (Å²) in [6, 6.07) is 1.64. The molecule has 9 nitrogen and oxygen atoms in total. The number of ether oxygens (including phenoxy) is 3. The highest BCUT2D eigenvalue weighted by Gasteiger charge is 2.47. The fourth-order valence-corrected chi connectivity index (χ4v) is 7.33. The number of anilines is 2. The van der Waals surface area contributed by atoms with E-state index in [1.54, 1.807) is 7.05 Å². The van der Waals surface area contributed by atoms with Crippen LogP contribution in [0, 0.1) is 5.82 Å². The molecule has 3 atom stereocenters. The van der Waals surface area contributed by atoms with Crippen LogP contribution in [0.1, 0.15) is 31.2 Å². The van der Waals surface area contributed by atoms with Crippen molar-refractivity contribution >= 4 is 34.0 Å². The minimum Gasteiger partial charge on any atom is -0.469 e. The topological polar surface area (TPSA) is 98.9 Å². The highest BCUT2D eigenvalue weighted by Crippen LogP contribution is 2.47. The summed E-state index contributed by atoms with van der Waals surface area (Å²) in [6.45, 7) is 6.79. The average Bonchev–Trinajstić information content (AvgIpc) is 3.43. The van der Waals surface area contributed by atoms with Crippen molar-refractivity contribution in [3.8, 4) is 23.1 Å². The van der Waals surface area contributed by atoms with E-state index in [4.69, 9.17) is 31.5 Å². The lowest BCUT2D eigenvalue weighted by molar-refractivity contribution is -0.137. The molecule has 4 aliphatic rings. The maximum absolute atomic E-state index is 16.5. The quantitative estimate of drug-likeness (QED) is 0.238. The van der Waals surface area contributed by atoms with Crippen molar-refractivity contribution in [1.82, 2.24) is 19.9 Å². The predicted octanol–water partition coefficient (Wildman–Crippen LogP) is 5.24. The van der Waals surface area contributed by atoms with E-state index in [-0.39, 0.29) is 53.3 Å². The van der Waals surface area contributed by atoms with Crippen LogP contribution in [0.4, 0.5) is 29.1 Å². The van der Waals surface area contributed by atoms with Crippen LogP contribution in [0.5, 0.6) is 11.9 Å². The molecule has 0 amide bonds. The minimum atomic E-state index is -4.93. The molecular formula is C29H29ClF4N6O3. The number of pyridine rings is 1. The van der Waals surface area contributed by atoms with Gasteiger partial charge in [0.1, 0.15) is 35.1 Å². The summed E-state index contributed by atoms with van der Waals surface area (Å²) < 4.78 is 77.3. The predicted molar refractivity (Wildman–Crippen MR) is 152 cm³/mol. The molecule has 2 N–H and O–H groups in total. The smallest absolute Gasteiger partial charge is 0.418 e. The van der Waals surface area contributed by atoms with Crippen LogP contribution in [0.25, 0.3) is 22.2 Å². The second-order valence-corrected chi connectivity index (χ2v) is 12.1. The monoisotopic (exact) mass is 620 g/mol. The first kappa shape index (κ1) is 28.4. The summed E-state index contributed by atoms with van der Waals surface area (Å²) in [6.07, 6.45) is -2.20. The highest BCUT2D eigenvalue weighted by atomic mass is 35.5. The van der Waals surface area contributed by atoms with Gasteiger partial charge in [-0.2, -0.15) is 23.1 Å². The van der Waals surface area contributed by atoms with Gasteiger partial charge in [-0.05, 0) is 44.4 Å². The molecule has 2 aromatic heterocycles. The van der Waals surface area contributed by atoms with Gasteiger partial charge in [0, 0.05) is 31.5 Å². The molecule has 228 valence electrons. The summed E-state index contributed by atoms with van der Waals surface area (Å²) >= 11 is 6.01. The molecule has 0 spiro atoms. The number of benzene rings is 1. The number of nitrogens with two attached hydrogens (primary N) is 1. The molecule has 6 heterocycles. The van der Waals surface area contributed by atoms with Gasteiger partial charge < -0.3 is 24.8 Å². The lowest BCUT2D eigenvalue weighted by Gasteiger charge is -2.36. The van der Waals surface area contributed by atoms with Crippen molar-refractivity contribution in [3.05, 3.63) is 40.7 Å². The molecule has 3 aromatic rings. The lowest BCUT2D eigenvalue weighted by Crippen LogP contribution is -2.49. The molecule has 43 heavy (non-hydrogen) atoms. The number of aromatic nitrogens is 3. The van der Waals surface area contributed by atoms with E-state index < -0.39 is 39.9 Å². The second-order valence-electron chi connectivity index (χ2n) is 11.7. The van der Waals surface area contributed by atoms with Crippen molar-refractivity contribution in [2.45, 2.75) is 49.5 Å². The van der Waals surface area contributed by atoms with Gasteiger partial charge in [0.2, 0.25) is 5.88 Å². The zero-order valence-corrected chi connectivity index (χ0v) is 24.1. The average molecular weight is 621 g/mol. The number of hydrogen-bond donors (Lipinski definition) is 1. The van der Waals surface area contributed by atoms with Crippen LogP contribution in [0.15, 0.2) is 24.3 Å². The molecular weight excluding hydrogens is 592 g/mol. The zero-order chi connectivity index (χ0) is 30.3. The van der Waals surface area contributed by atoms with E-state index in [1.165, 1.54) is 0 Å². The third-order valence-electron chi connectivity index (χ3n) is 8.93. The summed E-state index contributed by atoms with van der Waals surface area (Å²) in [7, 11) is 1.80. The number of fused-ring (bicyclic) bond motifs is 2. The van der Waals surface area contributed by atoms with Gasteiger partial charge in [-0.1, -0.05) is 23.8 Å². The Labute approximate surface area is 249 Å². The third kappa shape index (κ3) is 4.63. The van der Waals surface area contributed by atoms with E-state index >= 15 is 4.39 Å². The van der Waals surface area contributed by atoms with Crippen molar-refractivity contribution in [2.75, 3.05) is 50.6 Å². The molecule has 14 heteroatoms. The molecule has 7 rings (SSSR count). The van der Waals surface area contributed by atoms with Crippen molar-refractivity contribution < 1.29 is 31.8 Å². The Kier molecular flexibility index (Phi) is 6.64. The lowest BCUT2D eigenvalue weighted by atomic mass is 9.94. The van der Waals surface area contributed by atoms with Crippen LogP contribution in [0.3, 0.4) is 0 Å². The molecule has 3 fully saturated rings. The van der Waals surface area contributed by atoms with Crippen LogP contribution < -0.4 is 20.1 Å². The second kappa shape index (κ2) is 10.1. The first-order chi connectivity index (χ1) is 20.4. The van der Waals surface area contributed by atoms with Crippen molar-refractivity contribution in [2.24, 2.45) is 0 Å². The van der Waals surface area contributed by atoms with Gasteiger partial charge in [-0.15, -0.1) is 0 Å². The normalized spacial score (nSPS) is 25.4. The van der Waals surface area contributed by atoms with Gasteiger partial charge in [0.15, 0.2) is 5.82 Å². The number of nitrogen functional groups attached to an aromatic ring is 1. The van der Waals surface area contributed by atoms with Gasteiger partial charge in [-0.3, -0.25) is 4.90 Å². The number of halogens is 5. The van der Waals surface area contributed by atoms with E-state index in [9.17, 15) is 13.2 Å². The Morgan fingerprint density at radius 1 is 1.26 bits per heavy atom. The summed E-state index contributed by atoms with van der Waals surface area (Å²) in [5, 5.41) is -0.550. The number of rotatable bonds is 4. The van der Waals surface area contributed by atoms with E-state index in [2.05, 4.69) is 26.4 Å². The Hall–Kier alpha value is -3.42. The van der Waals surface area contributed by atoms with E-state index in [1.807, 2.05) is 4.90 Å². The largest absolute Gasteiger partial charge is 0.469 e. The number of likely N-dealkylation sites (N-methyl/N-ethyl adjacent to an activating group) is 1. The molecule has 0 bridgehead atoms. The van der Waals surface area contributed by atoms with Gasteiger partial charge in [-0.25, -0.2) is 9.37 Å². The molecule has 4 aliphatic heterocycles. The summed E-state index contributed by atoms with van der Waals surface area (Å²) in [5.74, 6) is -0.912. The maximum Gasteiger partial charge on any atom is 0.418 e. The Bertz CT molecular complexity index is 1660. The fraction of sp³-hybridized carbons (Fsp3) is 0.483. The molecule has 1 aromatic carbocycles. The first-order valence-electron chi connectivity index (χ1n) is 14.0. The van der Waals surface area contributed by atoms with Crippen LogP contribution in [-0.2, 0) is 10.9 Å². The van der Waals surface area contributed by atoms with Gasteiger partial charge >= 0.3 is 12.2 Å². The van der Waals surface area contributed by atoms with Gasteiger partial charge in [0.25, 0.3) is 0 Å². The van der Waals surface area contributed by atoms with Crippen LogP contribution >= 0.6 is 11.6 Å². The molecule has 0 saturated carbocycles. The number of hydrogen-bond acceptors (Lipinski definition) is 9. The Morgan fingerprint density at radius 2 is 2.07 bits per heavy atom. The number of alkyl halides is 3. The summed E-state index contributed by atoms with van der Waals surface area (Å²) in [5.41, 5.74) is 3.82. The molecule has 0 aliphatic carbocycles.